The van der Waals surface area contributed by atoms with Gasteiger partial charge in [-0.3, -0.25) is 4.79 Å². The summed E-state index contributed by atoms with van der Waals surface area (Å²) in [5.74, 6) is -1.30. The van der Waals surface area contributed by atoms with Gasteiger partial charge in [0.1, 0.15) is 18.1 Å². The molecule has 0 radical (unpaired) electrons. The SMILES string of the molecule is COc1ccc2c(c1)COc1cc(F)c(F)cc1C2C1CCN(CC2(C(=O)O)CC2)CC1. The average molecular weight is 443 g/mol. The van der Waals surface area contributed by atoms with Crippen molar-refractivity contribution in [3.63, 3.8) is 0 Å². The normalized spacial score (nSPS) is 22.3. The number of hydrogen-bond acceptors (Lipinski definition) is 4. The van der Waals surface area contributed by atoms with Gasteiger partial charge in [-0.05, 0) is 74.0 Å². The summed E-state index contributed by atoms with van der Waals surface area (Å²) in [4.78, 5) is 13.8. The number of benzene rings is 2. The van der Waals surface area contributed by atoms with Gasteiger partial charge in [-0.25, -0.2) is 8.78 Å². The summed E-state index contributed by atoms with van der Waals surface area (Å²) in [6, 6.07) is 8.27. The lowest BCUT2D eigenvalue weighted by atomic mass is 9.74. The lowest BCUT2D eigenvalue weighted by Gasteiger charge is -2.37. The molecule has 1 saturated carbocycles. The molecule has 2 aliphatic heterocycles. The molecule has 0 spiro atoms. The third kappa shape index (κ3) is 3.72. The summed E-state index contributed by atoms with van der Waals surface area (Å²) in [6.45, 7) is 2.44. The van der Waals surface area contributed by atoms with Gasteiger partial charge < -0.3 is 19.5 Å². The molecule has 0 aromatic heterocycles. The van der Waals surface area contributed by atoms with Crippen LogP contribution >= 0.6 is 0 Å². The first-order chi connectivity index (χ1) is 15.4. The van der Waals surface area contributed by atoms with Gasteiger partial charge in [0.15, 0.2) is 11.6 Å². The number of ether oxygens (including phenoxy) is 2. The molecule has 1 unspecified atom stereocenters. The first kappa shape index (κ1) is 21.2. The van der Waals surface area contributed by atoms with Gasteiger partial charge in [-0.15, -0.1) is 0 Å². The molecule has 0 bridgehead atoms. The molecule has 32 heavy (non-hydrogen) atoms. The highest BCUT2D eigenvalue weighted by atomic mass is 19.2. The van der Waals surface area contributed by atoms with Crippen molar-refractivity contribution in [2.45, 2.75) is 38.2 Å². The van der Waals surface area contributed by atoms with Gasteiger partial charge >= 0.3 is 5.97 Å². The number of methoxy groups -OCH3 is 1. The fraction of sp³-hybridized carbons (Fsp3) is 0.480. The minimum Gasteiger partial charge on any atom is -0.497 e. The van der Waals surface area contributed by atoms with Crippen molar-refractivity contribution in [3.05, 3.63) is 58.7 Å². The predicted octanol–water partition coefficient (Wildman–Crippen LogP) is 4.57. The summed E-state index contributed by atoms with van der Waals surface area (Å²) >= 11 is 0. The molecule has 3 aliphatic rings. The standard InChI is InChI=1S/C25H27F2NO4/c1-31-17-2-3-18-16(10-17)13-32-22-12-21(27)20(26)11-19(22)23(18)15-4-8-28(9-5-15)14-25(6-7-25)24(29)30/h2-3,10-12,15,23H,4-9,13-14H2,1H3,(H,29,30). The Hall–Kier alpha value is -2.67. The molecule has 1 N–H and O–H groups in total. The lowest BCUT2D eigenvalue weighted by molar-refractivity contribution is -0.144. The molecule has 2 heterocycles. The number of carboxylic acids is 1. The molecule has 1 saturated heterocycles. The number of piperidine rings is 1. The Balaban J connectivity index is 1.45. The highest BCUT2D eigenvalue weighted by molar-refractivity contribution is 5.78. The van der Waals surface area contributed by atoms with Crippen LogP contribution in [0.25, 0.3) is 0 Å². The number of hydrogen-bond donors (Lipinski definition) is 1. The molecule has 170 valence electrons. The third-order valence-electron chi connectivity index (χ3n) is 7.39. The van der Waals surface area contributed by atoms with E-state index in [-0.39, 0.29) is 18.4 Å². The molecule has 5 nitrogen and oxygen atoms in total. The van der Waals surface area contributed by atoms with E-state index in [9.17, 15) is 18.7 Å². The monoisotopic (exact) mass is 443 g/mol. The van der Waals surface area contributed by atoms with Crippen molar-refractivity contribution in [1.29, 1.82) is 0 Å². The lowest BCUT2D eigenvalue weighted by Crippen LogP contribution is -2.41. The van der Waals surface area contributed by atoms with Crippen molar-refractivity contribution < 1.29 is 28.2 Å². The zero-order chi connectivity index (χ0) is 22.5. The number of nitrogens with zero attached hydrogens (tertiary/aromatic N) is 1. The minimum atomic E-state index is -0.913. The molecular formula is C25H27F2NO4. The molecule has 0 amide bonds. The molecule has 5 rings (SSSR count). The summed E-state index contributed by atoms with van der Waals surface area (Å²) in [5.41, 5.74) is 2.12. The summed E-state index contributed by atoms with van der Waals surface area (Å²) in [6.07, 6.45) is 3.19. The van der Waals surface area contributed by atoms with Gasteiger partial charge in [0.25, 0.3) is 0 Å². The van der Waals surface area contributed by atoms with Crippen molar-refractivity contribution in [2.75, 3.05) is 26.7 Å². The second-order valence-electron chi connectivity index (χ2n) is 9.33. The largest absolute Gasteiger partial charge is 0.497 e. The number of halogens is 2. The maximum absolute atomic E-state index is 14.3. The van der Waals surface area contributed by atoms with Crippen molar-refractivity contribution >= 4 is 5.97 Å². The van der Waals surface area contributed by atoms with Gasteiger partial charge in [0.05, 0.1) is 12.5 Å². The van der Waals surface area contributed by atoms with Crippen LogP contribution in [-0.4, -0.2) is 42.7 Å². The average Bonchev–Trinajstić information content (AvgIpc) is 3.59. The van der Waals surface area contributed by atoms with E-state index in [0.717, 1.165) is 56.0 Å². The number of aliphatic carboxylic acids is 1. The van der Waals surface area contributed by atoms with Crippen molar-refractivity contribution in [2.24, 2.45) is 11.3 Å². The number of carbonyl (C=O) groups is 1. The highest BCUT2D eigenvalue weighted by Gasteiger charge is 2.51. The van der Waals surface area contributed by atoms with Crippen LogP contribution in [0.15, 0.2) is 30.3 Å². The minimum absolute atomic E-state index is 0.125. The van der Waals surface area contributed by atoms with Crippen LogP contribution in [0.4, 0.5) is 8.78 Å². The Kier molecular flexibility index (Phi) is 5.32. The van der Waals surface area contributed by atoms with E-state index in [1.807, 2.05) is 18.2 Å². The first-order valence-corrected chi connectivity index (χ1v) is 11.1. The fourth-order valence-corrected chi connectivity index (χ4v) is 5.34. The molecule has 7 heteroatoms. The maximum atomic E-state index is 14.3. The molecule has 2 aromatic rings. The Morgan fingerprint density at radius 1 is 1.16 bits per heavy atom. The summed E-state index contributed by atoms with van der Waals surface area (Å²) < 4.78 is 39.6. The highest BCUT2D eigenvalue weighted by Crippen LogP contribution is 2.49. The molecule has 1 atom stereocenters. The van der Waals surface area contributed by atoms with E-state index < -0.39 is 23.0 Å². The molecular weight excluding hydrogens is 416 g/mol. The smallest absolute Gasteiger partial charge is 0.310 e. The van der Waals surface area contributed by atoms with Crippen LogP contribution in [0.2, 0.25) is 0 Å². The third-order valence-corrected chi connectivity index (χ3v) is 7.39. The number of likely N-dealkylation sites (tertiary alicyclic amines) is 1. The van der Waals surface area contributed by atoms with Gasteiger partial charge in [-0.1, -0.05) is 6.07 Å². The molecule has 2 fully saturated rings. The number of rotatable bonds is 5. The first-order valence-electron chi connectivity index (χ1n) is 11.1. The second kappa shape index (κ2) is 8.03. The van der Waals surface area contributed by atoms with Crippen LogP contribution in [-0.2, 0) is 11.4 Å². The quantitative estimate of drug-likeness (QED) is 0.734. The van der Waals surface area contributed by atoms with Crippen LogP contribution in [0, 0.1) is 23.0 Å². The van der Waals surface area contributed by atoms with Crippen LogP contribution in [0.3, 0.4) is 0 Å². The number of fused-ring (bicyclic) bond motifs is 2. The van der Waals surface area contributed by atoms with Crippen LogP contribution in [0.1, 0.15) is 48.3 Å². The van der Waals surface area contributed by atoms with Crippen molar-refractivity contribution in [3.8, 4) is 11.5 Å². The van der Waals surface area contributed by atoms with E-state index >= 15 is 0 Å². The second-order valence-corrected chi connectivity index (χ2v) is 9.33. The van der Waals surface area contributed by atoms with E-state index in [1.54, 1.807) is 7.11 Å². The summed E-state index contributed by atoms with van der Waals surface area (Å²) in [5, 5.41) is 9.51. The van der Waals surface area contributed by atoms with E-state index in [4.69, 9.17) is 9.47 Å². The van der Waals surface area contributed by atoms with E-state index in [1.165, 1.54) is 6.07 Å². The van der Waals surface area contributed by atoms with Crippen LogP contribution < -0.4 is 9.47 Å². The predicted molar refractivity (Wildman–Crippen MR) is 114 cm³/mol. The van der Waals surface area contributed by atoms with E-state index in [2.05, 4.69) is 4.90 Å². The molecule has 2 aromatic carbocycles. The Morgan fingerprint density at radius 2 is 1.88 bits per heavy atom. The maximum Gasteiger partial charge on any atom is 0.310 e. The van der Waals surface area contributed by atoms with Gasteiger partial charge in [0, 0.05) is 24.1 Å². The van der Waals surface area contributed by atoms with Gasteiger partial charge in [-0.2, -0.15) is 0 Å². The Morgan fingerprint density at radius 3 is 2.53 bits per heavy atom. The van der Waals surface area contributed by atoms with Crippen molar-refractivity contribution in [1.82, 2.24) is 4.90 Å². The van der Waals surface area contributed by atoms with Gasteiger partial charge in [0.2, 0.25) is 0 Å². The van der Waals surface area contributed by atoms with E-state index in [0.29, 0.717) is 23.6 Å². The zero-order valence-electron chi connectivity index (χ0n) is 18.1. The Bertz CT molecular complexity index is 1040. The Labute approximate surface area is 185 Å². The zero-order valence-corrected chi connectivity index (χ0v) is 18.1. The fourth-order valence-electron chi connectivity index (χ4n) is 5.34. The topological polar surface area (TPSA) is 59.0 Å². The number of carboxylic acid groups (broad SMARTS) is 1. The molecule has 1 aliphatic carbocycles. The van der Waals surface area contributed by atoms with Crippen LogP contribution in [0.5, 0.6) is 11.5 Å². The summed E-state index contributed by atoms with van der Waals surface area (Å²) in [7, 11) is 1.61.